The Bertz CT molecular complexity index is 585. The highest BCUT2D eigenvalue weighted by Crippen LogP contribution is 2.43. The number of anilines is 3. The molecule has 134 valence electrons. The van der Waals surface area contributed by atoms with Crippen molar-refractivity contribution in [2.75, 3.05) is 35.3 Å². The molecule has 6 nitrogen and oxygen atoms in total. The Morgan fingerprint density at radius 2 is 1.83 bits per heavy atom. The Balaban J connectivity index is 0.00000169. The lowest BCUT2D eigenvalue weighted by Gasteiger charge is -2.39. The molecule has 0 spiro atoms. The number of likely N-dealkylation sites (N-methyl/N-ethyl adjacent to an activating group) is 1. The molecule has 2 saturated heterocycles. The average Bonchev–Trinajstić information content (AvgIpc) is 3.03. The van der Waals surface area contributed by atoms with Crippen molar-refractivity contribution in [1.82, 2.24) is 9.97 Å². The maximum Gasteiger partial charge on any atom is 0.226 e. The number of hydrogen-bond acceptors (Lipinski definition) is 6. The second kappa shape index (κ2) is 6.92. The van der Waals surface area contributed by atoms with Gasteiger partial charge in [-0.3, -0.25) is 0 Å². The predicted octanol–water partition coefficient (Wildman–Crippen LogP) is 2.20. The van der Waals surface area contributed by atoms with E-state index < -0.39 is 0 Å². The van der Waals surface area contributed by atoms with E-state index in [1.54, 1.807) is 0 Å². The molecular formula is C17H28ClN5O. The van der Waals surface area contributed by atoms with Crippen LogP contribution in [0.3, 0.4) is 0 Å². The van der Waals surface area contributed by atoms with Gasteiger partial charge in [0.15, 0.2) is 0 Å². The number of aliphatic hydroxyl groups is 1. The van der Waals surface area contributed by atoms with Gasteiger partial charge in [0.2, 0.25) is 5.95 Å². The van der Waals surface area contributed by atoms with Crippen LogP contribution in [0.1, 0.15) is 44.6 Å². The van der Waals surface area contributed by atoms with Crippen LogP contribution in [0.2, 0.25) is 0 Å². The number of aromatic nitrogens is 2. The topological polar surface area (TPSA) is 64.5 Å². The Kier molecular flexibility index (Phi) is 5.06. The average molecular weight is 354 g/mol. The lowest BCUT2D eigenvalue weighted by Crippen LogP contribution is -2.45. The molecular weight excluding hydrogens is 326 g/mol. The van der Waals surface area contributed by atoms with Crippen LogP contribution < -0.4 is 15.1 Å². The van der Waals surface area contributed by atoms with Gasteiger partial charge in [0.25, 0.3) is 0 Å². The molecule has 4 rings (SSSR count). The molecule has 0 aromatic carbocycles. The van der Waals surface area contributed by atoms with Gasteiger partial charge in [-0.05, 0) is 38.5 Å². The molecule has 2 bridgehead atoms. The SMILES string of the molecule is CCCNc1nc2c(c(N3C4CCC3CC(O)C4)n1)CCN2C.Cl. The molecule has 2 fully saturated rings. The van der Waals surface area contributed by atoms with Gasteiger partial charge in [-0.25, -0.2) is 0 Å². The van der Waals surface area contributed by atoms with Crippen molar-refractivity contribution in [3.8, 4) is 0 Å². The summed E-state index contributed by atoms with van der Waals surface area (Å²) in [6.45, 7) is 4.06. The zero-order valence-electron chi connectivity index (χ0n) is 14.5. The summed E-state index contributed by atoms with van der Waals surface area (Å²) in [5.41, 5.74) is 1.29. The first-order valence-corrected chi connectivity index (χ1v) is 8.99. The van der Waals surface area contributed by atoms with Gasteiger partial charge in [-0.1, -0.05) is 6.92 Å². The van der Waals surface area contributed by atoms with Gasteiger partial charge in [-0.2, -0.15) is 9.97 Å². The maximum absolute atomic E-state index is 10.1. The normalized spacial score (nSPS) is 27.9. The van der Waals surface area contributed by atoms with E-state index in [1.807, 2.05) is 0 Å². The third-order valence-corrected chi connectivity index (χ3v) is 5.51. The minimum atomic E-state index is -0.140. The molecule has 0 radical (unpaired) electrons. The first kappa shape index (κ1) is 17.5. The number of rotatable bonds is 4. The van der Waals surface area contributed by atoms with E-state index in [-0.39, 0.29) is 18.5 Å². The zero-order valence-corrected chi connectivity index (χ0v) is 15.3. The van der Waals surface area contributed by atoms with E-state index in [2.05, 4.69) is 29.1 Å². The highest BCUT2D eigenvalue weighted by atomic mass is 35.5. The van der Waals surface area contributed by atoms with Crippen LogP contribution in [0.5, 0.6) is 0 Å². The number of hydrogen-bond donors (Lipinski definition) is 2. The number of fused-ring (bicyclic) bond motifs is 3. The highest BCUT2D eigenvalue weighted by molar-refractivity contribution is 5.85. The molecule has 0 saturated carbocycles. The van der Waals surface area contributed by atoms with E-state index in [0.717, 1.165) is 56.4 Å². The van der Waals surface area contributed by atoms with Gasteiger partial charge in [-0.15, -0.1) is 12.4 Å². The zero-order chi connectivity index (χ0) is 16.0. The first-order valence-electron chi connectivity index (χ1n) is 8.99. The fraction of sp³-hybridized carbons (Fsp3) is 0.765. The van der Waals surface area contributed by atoms with Crippen LogP contribution in [0.15, 0.2) is 0 Å². The van der Waals surface area contributed by atoms with Crippen LogP contribution in [0.4, 0.5) is 17.6 Å². The molecule has 24 heavy (non-hydrogen) atoms. The number of aliphatic hydroxyl groups excluding tert-OH is 1. The van der Waals surface area contributed by atoms with E-state index in [4.69, 9.17) is 9.97 Å². The molecule has 0 amide bonds. The van der Waals surface area contributed by atoms with Gasteiger partial charge < -0.3 is 20.2 Å². The minimum absolute atomic E-state index is 0. The third-order valence-electron chi connectivity index (χ3n) is 5.51. The minimum Gasteiger partial charge on any atom is -0.393 e. The summed E-state index contributed by atoms with van der Waals surface area (Å²) in [7, 11) is 2.11. The van der Waals surface area contributed by atoms with Crippen molar-refractivity contribution in [2.24, 2.45) is 0 Å². The number of piperidine rings is 1. The number of nitrogens with zero attached hydrogens (tertiary/aromatic N) is 4. The molecule has 2 atom stereocenters. The summed E-state index contributed by atoms with van der Waals surface area (Å²) in [5, 5.41) is 13.4. The van der Waals surface area contributed by atoms with Gasteiger partial charge in [0.05, 0.1) is 6.10 Å². The van der Waals surface area contributed by atoms with Crippen molar-refractivity contribution in [3.05, 3.63) is 5.56 Å². The molecule has 1 aromatic heterocycles. The monoisotopic (exact) mass is 353 g/mol. The first-order chi connectivity index (χ1) is 11.2. The molecule has 3 aliphatic rings. The highest BCUT2D eigenvalue weighted by Gasteiger charge is 2.42. The molecule has 4 heterocycles. The molecule has 2 unspecified atom stereocenters. The van der Waals surface area contributed by atoms with Gasteiger partial charge in [0, 0.05) is 37.8 Å². The Labute approximate surface area is 150 Å². The standard InChI is InChI=1S/C17H27N5O.ClH/c1-3-7-18-17-19-15-14(6-8-21(15)2)16(20-17)22-11-4-5-12(22)10-13(23)9-11;/h11-13,23H,3-10H2,1-2H3,(H,18,19,20);1H. The molecule has 2 N–H and O–H groups in total. The Hall–Kier alpha value is -1.27. The van der Waals surface area contributed by atoms with Crippen molar-refractivity contribution in [3.63, 3.8) is 0 Å². The van der Waals surface area contributed by atoms with Crippen molar-refractivity contribution < 1.29 is 5.11 Å². The van der Waals surface area contributed by atoms with Gasteiger partial charge >= 0.3 is 0 Å². The Morgan fingerprint density at radius 3 is 2.50 bits per heavy atom. The third kappa shape index (κ3) is 2.90. The predicted molar refractivity (Wildman–Crippen MR) is 99.6 cm³/mol. The second-order valence-electron chi connectivity index (χ2n) is 7.19. The molecule has 1 aromatic rings. The Morgan fingerprint density at radius 1 is 1.17 bits per heavy atom. The van der Waals surface area contributed by atoms with Crippen LogP contribution in [-0.4, -0.2) is 53.4 Å². The number of nitrogens with one attached hydrogen (secondary N) is 1. The summed E-state index contributed by atoms with van der Waals surface area (Å²) in [6, 6.07) is 0.875. The summed E-state index contributed by atoms with van der Waals surface area (Å²) in [5.74, 6) is 2.95. The second-order valence-corrected chi connectivity index (χ2v) is 7.19. The fourth-order valence-corrected chi connectivity index (χ4v) is 4.41. The summed E-state index contributed by atoms with van der Waals surface area (Å²) < 4.78 is 0. The summed E-state index contributed by atoms with van der Waals surface area (Å²) >= 11 is 0. The molecule has 3 aliphatic heterocycles. The van der Waals surface area contributed by atoms with Crippen LogP contribution in [-0.2, 0) is 6.42 Å². The van der Waals surface area contributed by atoms with E-state index in [9.17, 15) is 5.11 Å². The van der Waals surface area contributed by atoms with Crippen molar-refractivity contribution in [1.29, 1.82) is 0 Å². The molecule has 0 aliphatic carbocycles. The quantitative estimate of drug-likeness (QED) is 0.865. The lowest BCUT2D eigenvalue weighted by molar-refractivity contribution is 0.126. The van der Waals surface area contributed by atoms with Crippen LogP contribution in [0.25, 0.3) is 0 Å². The molecule has 7 heteroatoms. The lowest BCUT2D eigenvalue weighted by atomic mass is 9.99. The number of halogens is 1. The van der Waals surface area contributed by atoms with E-state index in [1.165, 1.54) is 18.4 Å². The largest absolute Gasteiger partial charge is 0.393 e. The fourth-order valence-electron chi connectivity index (χ4n) is 4.41. The summed E-state index contributed by atoms with van der Waals surface area (Å²) in [6.07, 6.45) is 6.05. The maximum atomic E-state index is 10.1. The summed E-state index contributed by atoms with van der Waals surface area (Å²) in [4.78, 5) is 14.4. The van der Waals surface area contributed by atoms with Crippen molar-refractivity contribution >= 4 is 30.0 Å². The van der Waals surface area contributed by atoms with Crippen LogP contribution >= 0.6 is 12.4 Å². The van der Waals surface area contributed by atoms with E-state index >= 15 is 0 Å². The van der Waals surface area contributed by atoms with Crippen molar-refractivity contribution in [2.45, 2.75) is 63.6 Å². The smallest absolute Gasteiger partial charge is 0.226 e. The van der Waals surface area contributed by atoms with E-state index in [0.29, 0.717) is 12.1 Å². The van der Waals surface area contributed by atoms with Crippen LogP contribution in [0, 0.1) is 0 Å². The van der Waals surface area contributed by atoms with Gasteiger partial charge in [0.1, 0.15) is 11.6 Å².